The van der Waals surface area contributed by atoms with Crippen LogP contribution >= 0.6 is 0 Å². The van der Waals surface area contributed by atoms with Gasteiger partial charge in [0.25, 0.3) is 0 Å². The Balaban J connectivity index is 3.19. The maximum Gasteiger partial charge on any atom is 0.0695 e. The average Bonchev–Trinajstić information content (AvgIpc) is 2.10. The zero-order chi connectivity index (χ0) is 9.23. The first-order valence-corrected chi connectivity index (χ1v) is 4.73. The molecule has 2 N–H and O–H groups in total. The van der Waals surface area contributed by atoms with Crippen LogP contribution in [0.25, 0.3) is 0 Å². The topological polar surface area (TPSA) is 33.3 Å². The number of hydrogen-bond donors (Lipinski definition) is 2. The van der Waals surface area contributed by atoms with Gasteiger partial charge in [-0.3, -0.25) is 0 Å². The van der Waals surface area contributed by atoms with Gasteiger partial charge in [0, 0.05) is 26.7 Å². The predicted octanol–water partition coefficient (Wildman–Crippen LogP) is 0.611. The van der Waals surface area contributed by atoms with Crippen molar-refractivity contribution >= 4 is 0 Å². The van der Waals surface area contributed by atoms with Crippen molar-refractivity contribution in [1.82, 2.24) is 10.6 Å². The fourth-order valence-corrected chi connectivity index (χ4v) is 1.10. The number of hydrogen-bond acceptors (Lipinski definition) is 3. The predicted molar refractivity (Wildman–Crippen MR) is 52.5 cm³/mol. The molecule has 0 aromatic heterocycles. The zero-order valence-electron chi connectivity index (χ0n) is 8.52. The highest BCUT2D eigenvalue weighted by Gasteiger charge is 2.03. The highest BCUT2D eigenvalue weighted by Crippen LogP contribution is 1.98. The summed E-state index contributed by atoms with van der Waals surface area (Å²) in [6, 6.07) is 0. The fraction of sp³-hybridized carbons (Fsp3) is 1.00. The third kappa shape index (κ3) is 6.58. The monoisotopic (exact) mass is 174 g/mol. The number of methoxy groups -OCH3 is 1. The molecular formula is C9H22N2O. The van der Waals surface area contributed by atoms with Crippen molar-refractivity contribution in [1.29, 1.82) is 0 Å². The summed E-state index contributed by atoms with van der Waals surface area (Å²) in [6.45, 7) is 5.17. The summed E-state index contributed by atoms with van der Waals surface area (Å²) in [7, 11) is 3.74. The largest absolute Gasteiger partial charge is 0.380 e. The molecule has 0 radical (unpaired) electrons. The Labute approximate surface area is 75.9 Å². The SMILES string of the molecule is CCCC(CNCCNC)OC. The van der Waals surface area contributed by atoms with E-state index in [2.05, 4.69) is 17.6 Å². The molecule has 0 aliphatic rings. The lowest BCUT2D eigenvalue weighted by Gasteiger charge is -2.14. The molecular weight excluding hydrogens is 152 g/mol. The molecule has 1 atom stereocenters. The molecule has 0 amide bonds. The van der Waals surface area contributed by atoms with Gasteiger partial charge in [-0.25, -0.2) is 0 Å². The van der Waals surface area contributed by atoms with E-state index in [0.717, 1.165) is 26.1 Å². The van der Waals surface area contributed by atoms with E-state index in [1.807, 2.05) is 7.05 Å². The molecule has 0 aliphatic heterocycles. The molecule has 0 heterocycles. The first-order chi connectivity index (χ1) is 5.85. The Morgan fingerprint density at radius 3 is 2.58 bits per heavy atom. The van der Waals surface area contributed by atoms with E-state index in [1.165, 1.54) is 6.42 Å². The van der Waals surface area contributed by atoms with Crippen LogP contribution in [-0.2, 0) is 4.74 Å². The summed E-state index contributed by atoms with van der Waals surface area (Å²) in [5.74, 6) is 0. The summed E-state index contributed by atoms with van der Waals surface area (Å²) < 4.78 is 5.29. The number of nitrogens with one attached hydrogen (secondary N) is 2. The van der Waals surface area contributed by atoms with Crippen molar-refractivity contribution in [3.63, 3.8) is 0 Å². The maximum atomic E-state index is 5.29. The van der Waals surface area contributed by atoms with E-state index in [-0.39, 0.29) is 0 Å². The van der Waals surface area contributed by atoms with E-state index in [0.29, 0.717) is 6.10 Å². The lowest BCUT2D eigenvalue weighted by Crippen LogP contribution is -2.32. The lowest BCUT2D eigenvalue weighted by molar-refractivity contribution is 0.0941. The van der Waals surface area contributed by atoms with E-state index < -0.39 is 0 Å². The van der Waals surface area contributed by atoms with Crippen molar-refractivity contribution in [2.24, 2.45) is 0 Å². The Morgan fingerprint density at radius 2 is 2.08 bits per heavy atom. The van der Waals surface area contributed by atoms with Gasteiger partial charge in [-0.05, 0) is 13.5 Å². The molecule has 0 rings (SSSR count). The number of likely N-dealkylation sites (N-methyl/N-ethyl adjacent to an activating group) is 1. The van der Waals surface area contributed by atoms with Crippen LogP contribution in [0.2, 0.25) is 0 Å². The third-order valence-electron chi connectivity index (χ3n) is 1.87. The Kier molecular flexibility index (Phi) is 8.88. The second-order valence-electron chi connectivity index (χ2n) is 2.95. The minimum atomic E-state index is 0.381. The maximum absolute atomic E-state index is 5.29. The van der Waals surface area contributed by atoms with Gasteiger partial charge < -0.3 is 15.4 Å². The Hall–Kier alpha value is -0.120. The van der Waals surface area contributed by atoms with Gasteiger partial charge >= 0.3 is 0 Å². The van der Waals surface area contributed by atoms with Gasteiger partial charge in [0.2, 0.25) is 0 Å². The van der Waals surface area contributed by atoms with Gasteiger partial charge in [0.1, 0.15) is 0 Å². The molecule has 12 heavy (non-hydrogen) atoms. The van der Waals surface area contributed by atoms with E-state index >= 15 is 0 Å². The molecule has 0 saturated heterocycles. The minimum absolute atomic E-state index is 0.381. The molecule has 3 nitrogen and oxygen atoms in total. The van der Waals surface area contributed by atoms with Gasteiger partial charge in [-0.1, -0.05) is 13.3 Å². The average molecular weight is 174 g/mol. The molecule has 1 unspecified atom stereocenters. The van der Waals surface area contributed by atoms with E-state index in [1.54, 1.807) is 7.11 Å². The molecule has 0 spiro atoms. The summed E-state index contributed by atoms with van der Waals surface area (Å²) in [5, 5.41) is 6.42. The van der Waals surface area contributed by atoms with Gasteiger partial charge in [0.05, 0.1) is 6.10 Å². The van der Waals surface area contributed by atoms with E-state index in [4.69, 9.17) is 4.74 Å². The fourth-order valence-electron chi connectivity index (χ4n) is 1.10. The zero-order valence-corrected chi connectivity index (χ0v) is 8.52. The highest BCUT2D eigenvalue weighted by molar-refractivity contribution is 4.60. The van der Waals surface area contributed by atoms with Crippen LogP contribution in [0, 0.1) is 0 Å². The standard InChI is InChI=1S/C9H22N2O/c1-4-5-9(12-3)8-11-7-6-10-2/h9-11H,4-8H2,1-3H3. The van der Waals surface area contributed by atoms with Crippen molar-refractivity contribution in [3.05, 3.63) is 0 Å². The second kappa shape index (κ2) is 8.97. The summed E-state index contributed by atoms with van der Waals surface area (Å²) in [5.41, 5.74) is 0. The van der Waals surface area contributed by atoms with Gasteiger partial charge in [-0.2, -0.15) is 0 Å². The molecule has 0 saturated carbocycles. The lowest BCUT2D eigenvalue weighted by atomic mass is 10.2. The van der Waals surface area contributed by atoms with Crippen LogP contribution in [0.5, 0.6) is 0 Å². The van der Waals surface area contributed by atoms with Crippen LogP contribution in [0.4, 0.5) is 0 Å². The Morgan fingerprint density at radius 1 is 1.33 bits per heavy atom. The molecule has 0 aliphatic carbocycles. The van der Waals surface area contributed by atoms with Gasteiger partial charge in [-0.15, -0.1) is 0 Å². The van der Waals surface area contributed by atoms with Crippen LogP contribution in [-0.4, -0.2) is 39.9 Å². The number of rotatable bonds is 8. The molecule has 3 heteroatoms. The molecule has 0 fully saturated rings. The van der Waals surface area contributed by atoms with E-state index in [9.17, 15) is 0 Å². The van der Waals surface area contributed by atoms with Crippen LogP contribution in [0.1, 0.15) is 19.8 Å². The summed E-state index contributed by atoms with van der Waals surface area (Å²) in [6.07, 6.45) is 2.71. The highest BCUT2D eigenvalue weighted by atomic mass is 16.5. The van der Waals surface area contributed by atoms with Gasteiger partial charge in [0.15, 0.2) is 0 Å². The van der Waals surface area contributed by atoms with Crippen molar-refractivity contribution in [2.75, 3.05) is 33.8 Å². The smallest absolute Gasteiger partial charge is 0.0695 e. The molecule has 0 aromatic rings. The summed E-state index contributed by atoms with van der Waals surface area (Å²) in [4.78, 5) is 0. The van der Waals surface area contributed by atoms with Crippen LogP contribution in [0.15, 0.2) is 0 Å². The quantitative estimate of drug-likeness (QED) is 0.529. The van der Waals surface area contributed by atoms with Crippen molar-refractivity contribution < 1.29 is 4.74 Å². The molecule has 74 valence electrons. The molecule has 0 aromatic carbocycles. The first-order valence-electron chi connectivity index (χ1n) is 4.73. The normalized spacial score (nSPS) is 13.2. The second-order valence-corrected chi connectivity index (χ2v) is 2.95. The summed E-state index contributed by atoms with van der Waals surface area (Å²) >= 11 is 0. The Bertz CT molecular complexity index is 88.6. The number of ether oxygens (including phenoxy) is 1. The third-order valence-corrected chi connectivity index (χ3v) is 1.87. The van der Waals surface area contributed by atoms with Crippen LogP contribution < -0.4 is 10.6 Å². The molecule has 0 bridgehead atoms. The van der Waals surface area contributed by atoms with Crippen LogP contribution in [0.3, 0.4) is 0 Å². The first kappa shape index (κ1) is 11.9. The van der Waals surface area contributed by atoms with Crippen molar-refractivity contribution in [2.45, 2.75) is 25.9 Å². The minimum Gasteiger partial charge on any atom is -0.380 e. The van der Waals surface area contributed by atoms with Crippen molar-refractivity contribution in [3.8, 4) is 0 Å².